The largest absolute Gasteiger partial charge is 0.493 e. The predicted octanol–water partition coefficient (Wildman–Crippen LogP) is 3.08. The van der Waals surface area contributed by atoms with E-state index >= 15 is 0 Å². The summed E-state index contributed by atoms with van der Waals surface area (Å²) in [5.74, 6) is 1.87. The van der Waals surface area contributed by atoms with Crippen molar-refractivity contribution in [3.8, 4) is 11.5 Å². The van der Waals surface area contributed by atoms with Gasteiger partial charge in [-0.15, -0.1) is 24.0 Å². The third-order valence-corrected chi connectivity index (χ3v) is 4.16. The van der Waals surface area contributed by atoms with E-state index in [0.29, 0.717) is 30.1 Å². The number of nitrogens with zero attached hydrogens (tertiary/aromatic N) is 1. The normalized spacial score (nSPS) is 17.5. The van der Waals surface area contributed by atoms with Crippen molar-refractivity contribution in [3.63, 3.8) is 0 Å². The number of nitrogens with two attached hydrogens (primary N) is 1. The van der Waals surface area contributed by atoms with Gasteiger partial charge in [0.15, 0.2) is 17.5 Å². The van der Waals surface area contributed by atoms with Crippen molar-refractivity contribution in [2.24, 2.45) is 10.7 Å². The number of benzene rings is 1. The second kappa shape index (κ2) is 12.2. The standard InChI is InChI=1S/C18H29N3O3.HI/c1-22-16-9-8-14(12-17(16)23-2)13-21-18(19)20-10-5-7-15-6-3-4-11-24-15;/h8-9,12,15H,3-7,10-11,13H2,1-2H3,(H3,19,20,21);1H. The van der Waals surface area contributed by atoms with Crippen LogP contribution in [0, 0.1) is 0 Å². The summed E-state index contributed by atoms with van der Waals surface area (Å²) in [6, 6.07) is 5.74. The Labute approximate surface area is 167 Å². The highest BCUT2D eigenvalue weighted by Crippen LogP contribution is 2.27. The van der Waals surface area contributed by atoms with Crippen LogP contribution in [0.3, 0.4) is 0 Å². The third kappa shape index (κ3) is 7.68. The summed E-state index contributed by atoms with van der Waals surface area (Å²) < 4.78 is 16.2. The zero-order chi connectivity index (χ0) is 17.2. The van der Waals surface area contributed by atoms with Crippen LogP contribution in [0.5, 0.6) is 11.5 Å². The Kier molecular flexibility index (Phi) is 10.6. The van der Waals surface area contributed by atoms with Crippen molar-refractivity contribution in [2.75, 3.05) is 27.4 Å². The minimum Gasteiger partial charge on any atom is -0.493 e. The molecule has 1 fully saturated rings. The maximum atomic E-state index is 5.92. The van der Waals surface area contributed by atoms with Crippen molar-refractivity contribution < 1.29 is 14.2 Å². The summed E-state index contributed by atoms with van der Waals surface area (Å²) in [6.07, 6.45) is 6.21. The lowest BCUT2D eigenvalue weighted by Gasteiger charge is -2.22. The fraction of sp³-hybridized carbons (Fsp3) is 0.611. The van der Waals surface area contributed by atoms with Crippen LogP contribution in [-0.2, 0) is 11.3 Å². The second-order valence-corrected chi connectivity index (χ2v) is 5.95. The average Bonchev–Trinajstić information content (AvgIpc) is 2.64. The van der Waals surface area contributed by atoms with E-state index in [0.717, 1.165) is 31.6 Å². The first-order valence-electron chi connectivity index (χ1n) is 8.59. The molecule has 142 valence electrons. The molecule has 1 saturated heterocycles. The van der Waals surface area contributed by atoms with E-state index < -0.39 is 0 Å². The Balaban J connectivity index is 0.00000312. The van der Waals surface area contributed by atoms with Crippen LogP contribution in [0.1, 0.15) is 37.7 Å². The van der Waals surface area contributed by atoms with Crippen LogP contribution in [0.15, 0.2) is 23.2 Å². The molecular formula is C18H30IN3O3. The first kappa shape index (κ1) is 21.8. The van der Waals surface area contributed by atoms with Crippen LogP contribution in [0.4, 0.5) is 0 Å². The van der Waals surface area contributed by atoms with Gasteiger partial charge in [0, 0.05) is 13.2 Å². The minimum atomic E-state index is 0. The SMILES string of the molecule is COc1ccc(CN=C(N)NCCCC2CCCCO2)cc1OC.I. The molecule has 0 spiro atoms. The van der Waals surface area contributed by atoms with Gasteiger partial charge in [0.2, 0.25) is 0 Å². The maximum absolute atomic E-state index is 5.92. The fourth-order valence-corrected chi connectivity index (χ4v) is 2.79. The summed E-state index contributed by atoms with van der Waals surface area (Å²) in [6.45, 7) is 2.24. The van der Waals surface area contributed by atoms with Crippen molar-refractivity contribution in [2.45, 2.75) is 44.8 Å². The van der Waals surface area contributed by atoms with Crippen molar-refractivity contribution >= 4 is 29.9 Å². The van der Waals surface area contributed by atoms with Crippen LogP contribution >= 0.6 is 24.0 Å². The Hall–Kier alpha value is -1.22. The zero-order valence-electron chi connectivity index (χ0n) is 15.1. The highest BCUT2D eigenvalue weighted by molar-refractivity contribution is 14.0. The van der Waals surface area contributed by atoms with Gasteiger partial charge in [0.05, 0.1) is 26.9 Å². The quantitative estimate of drug-likeness (QED) is 0.268. The van der Waals surface area contributed by atoms with E-state index in [1.165, 1.54) is 19.3 Å². The molecule has 0 bridgehead atoms. The summed E-state index contributed by atoms with van der Waals surface area (Å²) in [5.41, 5.74) is 6.94. The summed E-state index contributed by atoms with van der Waals surface area (Å²) in [4.78, 5) is 4.37. The van der Waals surface area contributed by atoms with E-state index in [1.54, 1.807) is 14.2 Å². The average molecular weight is 463 g/mol. The smallest absolute Gasteiger partial charge is 0.188 e. The van der Waals surface area contributed by atoms with Gasteiger partial charge in [-0.2, -0.15) is 0 Å². The first-order valence-corrected chi connectivity index (χ1v) is 8.59. The van der Waals surface area contributed by atoms with E-state index in [9.17, 15) is 0 Å². The molecule has 1 aromatic rings. The Morgan fingerprint density at radius 2 is 2.08 bits per heavy atom. The van der Waals surface area contributed by atoms with Gasteiger partial charge >= 0.3 is 0 Å². The molecule has 3 N–H and O–H groups in total. The van der Waals surface area contributed by atoms with Crippen LogP contribution < -0.4 is 20.5 Å². The van der Waals surface area contributed by atoms with E-state index in [-0.39, 0.29) is 24.0 Å². The van der Waals surface area contributed by atoms with Crippen LogP contribution in [0.2, 0.25) is 0 Å². The Morgan fingerprint density at radius 1 is 1.28 bits per heavy atom. The highest BCUT2D eigenvalue weighted by Gasteiger charge is 2.12. The van der Waals surface area contributed by atoms with Gasteiger partial charge in [-0.05, 0) is 49.8 Å². The molecule has 7 heteroatoms. The van der Waals surface area contributed by atoms with E-state index in [4.69, 9.17) is 19.9 Å². The number of nitrogens with one attached hydrogen (secondary N) is 1. The van der Waals surface area contributed by atoms with E-state index in [2.05, 4.69) is 10.3 Å². The molecule has 6 nitrogen and oxygen atoms in total. The topological polar surface area (TPSA) is 78.1 Å². The number of hydrogen-bond acceptors (Lipinski definition) is 4. The first-order chi connectivity index (χ1) is 11.7. The lowest BCUT2D eigenvalue weighted by Crippen LogP contribution is -2.33. The Morgan fingerprint density at radius 3 is 2.76 bits per heavy atom. The third-order valence-electron chi connectivity index (χ3n) is 4.16. The zero-order valence-corrected chi connectivity index (χ0v) is 17.5. The molecule has 25 heavy (non-hydrogen) atoms. The maximum Gasteiger partial charge on any atom is 0.188 e. The van der Waals surface area contributed by atoms with Crippen molar-refractivity contribution in [1.82, 2.24) is 5.32 Å². The predicted molar refractivity (Wildman–Crippen MR) is 111 cm³/mol. The number of hydrogen-bond donors (Lipinski definition) is 2. The molecule has 1 aliphatic rings. The summed E-state index contributed by atoms with van der Waals surface area (Å²) in [5, 5.41) is 3.16. The molecular weight excluding hydrogens is 433 g/mol. The molecule has 1 aliphatic heterocycles. The van der Waals surface area contributed by atoms with Gasteiger partial charge in [-0.3, -0.25) is 0 Å². The molecule has 0 radical (unpaired) electrons. The highest BCUT2D eigenvalue weighted by atomic mass is 127. The van der Waals surface area contributed by atoms with Gasteiger partial charge in [0.1, 0.15) is 0 Å². The van der Waals surface area contributed by atoms with Crippen LogP contribution in [-0.4, -0.2) is 39.4 Å². The number of guanidine groups is 1. The molecule has 0 aromatic heterocycles. The van der Waals surface area contributed by atoms with Gasteiger partial charge in [-0.1, -0.05) is 6.07 Å². The number of aliphatic imine (C=N–C) groups is 1. The molecule has 0 saturated carbocycles. The molecule has 0 amide bonds. The molecule has 0 aliphatic carbocycles. The lowest BCUT2D eigenvalue weighted by atomic mass is 10.0. The number of rotatable bonds is 8. The van der Waals surface area contributed by atoms with Crippen molar-refractivity contribution in [1.29, 1.82) is 0 Å². The fourth-order valence-electron chi connectivity index (χ4n) is 2.79. The number of ether oxygens (including phenoxy) is 3. The molecule has 1 heterocycles. The van der Waals surface area contributed by atoms with Crippen LogP contribution in [0.25, 0.3) is 0 Å². The molecule has 2 rings (SSSR count). The number of halogens is 1. The molecule has 1 unspecified atom stereocenters. The lowest BCUT2D eigenvalue weighted by molar-refractivity contribution is 0.0104. The minimum absolute atomic E-state index is 0. The van der Waals surface area contributed by atoms with Gasteiger partial charge in [-0.25, -0.2) is 4.99 Å². The summed E-state index contributed by atoms with van der Waals surface area (Å²) >= 11 is 0. The van der Waals surface area contributed by atoms with E-state index in [1.807, 2.05) is 18.2 Å². The number of methoxy groups -OCH3 is 2. The van der Waals surface area contributed by atoms with Crippen molar-refractivity contribution in [3.05, 3.63) is 23.8 Å². The van der Waals surface area contributed by atoms with Gasteiger partial charge < -0.3 is 25.3 Å². The molecule has 1 aromatic carbocycles. The second-order valence-electron chi connectivity index (χ2n) is 5.95. The summed E-state index contributed by atoms with van der Waals surface area (Å²) in [7, 11) is 3.24. The Bertz CT molecular complexity index is 534. The monoisotopic (exact) mass is 463 g/mol. The molecule has 1 atom stereocenters. The van der Waals surface area contributed by atoms with Gasteiger partial charge in [0.25, 0.3) is 0 Å².